The SMILES string of the molecule is Cc1nn(-c2ccc(C(=O)N3CCC(n4cncn4)CC3)cc2)c(C)c1Br. The molecule has 1 aliphatic heterocycles. The van der Waals surface area contributed by atoms with Gasteiger partial charge in [-0.3, -0.25) is 4.79 Å². The minimum absolute atomic E-state index is 0.0770. The number of carbonyl (C=O) groups excluding carboxylic acids is 1. The summed E-state index contributed by atoms with van der Waals surface area (Å²) in [4.78, 5) is 18.8. The molecule has 0 saturated carbocycles. The molecule has 4 rings (SSSR count). The first-order valence-electron chi connectivity index (χ1n) is 9.00. The first-order valence-corrected chi connectivity index (χ1v) is 9.79. The second kappa shape index (κ2) is 7.26. The van der Waals surface area contributed by atoms with Crippen molar-refractivity contribution in [3.05, 3.63) is 58.3 Å². The van der Waals surface area contributed by atoms with Crippen LogP contribution < -0.4 is 0 Å². The molecule has 0 unspecified atom stereocenters. The van der Waals surface area contributed by atoms with Gasteiger partial charge in [-0.1, -0.05) is 0 Å². The molecule has 1 fully saturated rings. The Hall–Kier alpha value is -2.48. The molecule has 8 heteroatoms. The summed E-state index contributed by atoms with van der Waals surface area (Å²) in [7, 11) is 0. The van der Waals surface area contributed by atoms with Crippen LogP contribution in [0.2, 0.25) is 0 Å². The Morgan fingerprint density at radius 2 is 1.85 bits per heavy atom. The van der Waals surface area contributed by atoms with E-state index in [1.807, 2.05) is 52.4 Å². The molecule has 27 heavy (non-hydrogen) atoms. The Morgan fingerprint density at radius 3 is 2.41 bits per heavy atom. The van der Waals surface area contributed by atoms with E-state index in [1.165, 1.54) is 0 Å². The summed E-state index contributed by atoms with van der Waals surface area (Å²) in [6, 6.07) is 7.97. The van der Waals surface area contributed by atoms with Crippen molar-refractivity contribution in [2.75, 3.05) is 13.1 Å². The van der Waals surface area contributed by atoms with Crippen molar-refractivity contribution in [2.24, 2.45) is 0 Å². The fourth-order valence-electron chi connectivity index (χ4n) is 3.54. The zero-order chi connectivity index (χ0) is 19.0. The lowest BCUT2D eigenvalue weighted by Crippen LogP contribution is -2.39. The summed E-state index contributed by atoms with van der Waals surface area (Å²) >= 11 is 3.55. The highest BCUT2D eigenvalue weighted by Gasteiger charge is 2.25. The maximum absolute atomic E-state index is 12.8. The van der Waals surface area contributed by atoms with Crippen molar-refractivity contribution in [2.45, 2.75) is 32.7 Å². The highest BCUT2D eigenvalue weighted by Crippen LogP contribution is 2.25. The Kier molecular flexibility index (Phi) is 4.82. The molecule has 0 bridgehead atoms. The number of carbonyl (C=O) groups is 1. The van der Waals surface area contributed by atoms with Gasteiger partial charge in [-0.15, -0.1) is 0 Å². The third kappa shape index (κ3) is 3.41. The summed E-state index contributed by atoms with van der Waals surface area (Å²) < 4.78 is 4.79. The van der Waals surface area contributed by atoms with Crippen LogP contribution in [-0.4, -0.2) is 48.4 Å². The van der Waals surface area contributed by atoms with E-state index in [0.29, 0.717) is 11.6 Å². The number of aryl methyl sites for hydroxylation is 1. The Labute approximate surface area is 166 Å². The third-order valence-electron chi connectivity index (χ3n) is 5.12. The molecule has 1 saturated heterocycles. The number of halogens is 1. The summed E-state index contributed by atoms with van der Waals surface area (Å²) in [5.74, 6) is 0.0770. The zero-order valence-corrected chi connectivity index (χ0v) is 16.9. The van der Waals surface area contributed by atoms with Crippen LogP contribution in [0.1, 0.15) is 40.6 Å². The lowest BCUT2D eigenvalue weighted by Gasteiger charge is -2.32. The second-order valence-corrected chi connectivity index (χ2v) is 7.64. The summed E-state index contributed by atoms with van der Waals surface area (Å²) in [6.07, 6.45) is 5.10. The van der Waals surface area contributed by atoms with Gasteiger partial charge in [0, 0.05) is 18.7 Å². The topological polar surface area (TPSA) is 68.8 Å². The highest BCUT2D eigenvalue weighted by atomic mass is 79.9. The maximum atomic E-state index is 12.8. The van der Waals surface area contributed by atoms with Crippen LogP contribution in [0.5, 0.6) is 0 Å². The molecule has 0 aliphatic carbocycles. The van der Waals surface area contributed by atoms with Crippen LogP contribution in [-0.2, 0) is 0 Å². The molecule has 0 N–H and O–H groups in total. The number of piperidine rings is 1. The Morgan fingerprint density at radius 1 is 1.15 bits per heavy atom. The molecule has 7 nitrogen and oxygen atoms in total. The lowest BCUT2D eigenvalue weighted by atomic mass is 10.0. The number of rotatable bonds is 3. The van der Waals surface area contributed by atoms with Crippen LogP contribution in [0.25, 0.3) is 5.69 Å². The number of hydrogen-bond acceptors (Lipinski definition) is 4. The predicted molar refractivity (Wildman–Crippen MR) is 105 cm³/mol. The quantitative estimate of drug-likeness (QED) is 0.641. The predicted octanol–water partition coefficient (Wildman–Crippen LogP) is 3.32. The van der Waals surface area contributed by atoms with E-state index in [1.54, 1.807) is 12.7 Å². The average Bonchev–Trinajstić information content (AvgIpc) is 3.33. The van der Waals surface area contributed by atoms with E-state index >= 15 is 0 Å². The Balaban J connectivity index is 1.45. The fourth-order valence-corrected chi connectivity index (χ4v) is 3.79. The largest absolute Gasteiger partial charge is 0.338 e. The van der Waals surface area contributed by atoms with Gasteiger partial charge in [0.2, 0.25) is 0 Å². The van der Waals surface area contributed by atoms with E-state index in [2.05, 4.69) is 31.1 Å². The van der Waals surface area contributed by atoms with Gasteiger partial charge in [-0.05, 0) is 66.9 Å². The van der Waals surface area contributed by atoms with Crippen molar-refractivity contribution in [1.82, 2.24) is 29.4 Å². The van der Waals surface area contributed by atoms with Gasteiger partial charge in [-0.2, -0.15) is 10.2 Å². The zero-order valence-electron chi connectivity index (χ0n) is 15.3. The molecule has 1 amide bonds. The highest BCUT2D eigenvalue weighted by molar-refractivity contribution is 9.10. The van der Waals surface area contributed by atoms with Crippen molar-refractivity contribution >= 4 is 21.8 Å². The van der Waals surface area contributed by atoms with Gasteiger partial charge in [0.25, 0.3) is 5.91 Å². The van der Waals surface area contributed by atoms with E-state index in [4.69, 9.17) is 0 Å². The summed E-state index contributed by atoms with van der Waals surface area (Å²) in [5, 5.41) is 8.75. The minimum Gasteiger partial charge on any atom is -0.338 e. The number of amides is 1. The molecule has 3 heterocycles. The van der Waals surface area contributed by atoms with Crippen LogP contribution >= 0.6 is 15.9 Å². The van der Waals surface area contributed by atoms with Gasteiger partial charge < -0.3 is 4.90 Å². The average molecular weight is 429 g/mol. The number of aromatic nitrogens is 5. The first-order chi connectivity index (χ1) is 13.0. The van der Waals surface area contributed by atoms with Gasteiger partial charge in [-0.25, -0.2) is 14.3 Å². The van der Waals surface area contributed by atoms with Gasteiger partial charge >= 0.3 is 0 Å². The van der Waals surface area contributed by atoms with E-state index in [0.717, 1.165) is 47.5 Å². The molecule has 0 radical (unpaired) electrons. The van der Waals surface area contributed by atoms with Crippen LogP contribution in [0.3, 0.4) is 0 Å². The molecular formula is C19H21BrN6O. The molecule has 0 spiro atoms. The number of benzene rings is 1. The van der Waals surface area contributed by atoms with Crippen molar-refractivity contribution in [1.29, 1.82) is 0 Å². The van der Waals surface area contributed by atoms with Gasteiger partial charge in [0.05, 0.1) is 27.6 Å². The summed E-state index contributed by atoms with van der Waals surface area (Å²) in [6.45, 7) is 5.45. The maximum Gasteiger partial charge on any atom is 0.253 e. The van der Waals surface area contributed by atoms with Crippen LogP contribution in [0, 0.1) is 13.8 Å². The van der Waals surface area contributed by atoms with Gasteiger partial charge in [0.1, 0.15) is 12.7 Å². The standard InChI is InChI=1S/C19H21BrN6O/c1-13-18(20)14(2)26(23-13)17-5-3-15(4-6-17)19(27)24-9-7-16(8-10-24)25-12-21-11-22-25/h3-6,11-12,16H,7-10H2,1-2H3. The Bertz CT molecular complexity index is 939. The number of likely N-dealkylation sites (tertiary alicyclic amines) is 1. The number of hydrogen-bond donors (Lipinski definition) is 0. The smallest absolute Gasteiger partial charge is 0.253 e. The van der Waals surface area contributed by atoms with Crippen molar-refractivity contribution in [3.63, 3.8) is 0 Å². The fraction of sp³-hybridized carbons (Fsp3) is 0.368. The molecule has 0 atom stereocenters. The first kappa shape index (κ1) is 17.9. The van der Waals surface area contributed by atoms with E-state index in [-0.39, 0.29) is 5.91 Å². The minimum atomic E-state index is 0.0770. The van der Waals surface area contributed by atoms with Crippen molar-refractivity contribution in [3.8, 4) is 5.69 Å². The van der Waals surface area contributed by atoms with Crippen LogP contribution in [0.15, 0.2) is 41.4 Å². The second-order valence-electron chi connectivity index (χ2n) is 6.84. The number of nitrogens with zero attached hydrogens (tertiary/aromatic N) is 6. The molecule has 2 aromatic heterocycles. The van der Waals surface area contributed by atoms with Crippen molar-refractivity contribution < 1.29 is 4.79 Å². The molecule has 3 aromatic rings. The van der Waals surface area contributed by atoms with E-state index in [9.17, 15) is 4.79 Å². The molecule has 140 valence electrons. The van der Waals surface area contributed by atoms with E-state index < -0.39 is 0 Å². The van der Waals surface area contributed by atoms with Crippen LogP contribution in [0.4, 0.5) is 0 Å². The summed E-state index contributed by atoms with van der Waals surface area (Å²) in [5.41, 5.74) is 3.64. The normalized spacial score (nSPS) is 15.3. The monoisotopic (exact) mass is 428 g/mol. The lowest BCUT2D eigenvalue weighted by molar-refractivity contribution is 0.0690. The molecule has 1 aliphatic rings. The molecule has 1 aromatic carbocycles. The van der Waals surface area contributed by atoms with Gasteiger partial charge in [0.15, 0.2) is 0 Å². The molecular weight excluding hydrogens is 408 g/mol. The third-order valence-corrected chi connectivity index (χ3v) is 6.27.